The van der Waals surface area contributed by atoms with Gasteiger partial charge in [0.2, 0.25) is 5.91 Å². The lowest BCUT2D eigenvalue weighted by molar-refractivity contribution is -0.137. The molecular weight excluding hydrogens is 447 g/mol. The van der Waals surface area contributed by atoms with E-state index >= 15 is 0 Å². The highest BCUT2D eigenvalue weighted by molar-refractivity contribution is 6.33. The van der Waals surface area contributed by atoms with Crippen LogP contribution in [0.3, 0.4) is 0 Å². The SMILES string of the molecule is CN(C)c1cccc(C(=O)NNC(=O)C2CCN(c3ncc(C(F)(F)F)cc3Cl)CC2)c1. The number of anilines is 2. The van der Waals surface area contributed by atoms with Gasteiger partial charge in [-0.2, -0.15) is 13.2 Å². The highest BCUT2D eigenvalue weighted by Crippen LogP contribution is 2.34. The Kier molecular flexibility index (Phi) is 7.12. The minimum Gasteiger partial charge on any atom is -0.378 e. The van der Waals surface area contributed by atoms with Crippen LogP contribution in [0.2, 0.25) is 5.02 Å². The first-order chi connectivity index (χ1) is 15.1. The maximum absolute atomic E-state index is 12.8. The standard InChI is InChI=1S/C21H23ClF3N5O2/c1-29(2)16-5-3-4-14(10-16)20(32)28-27-19(31)13-6-8-30(9-7-13)18-17(22)11-15(12-26-18)21(23,24)25/h3-5,10-13H,6-9H2,1-2H3,(H,27,31)(H,28,32). The Bertz CT molecular complexity index is 992. The zero-order valence-corrected chi connectivity index (χ0v) is 18.3. The van der Waals surface area contributed by atoms with Crippen molar-refractivity contribution in [2.75, 3.05) is 37.0 Å². The summed E-state index contributed by atoms with van der Waals surface area (Å²) in [7, 11) is 3.72. The number of aromatic nitrogens is 1. The Hall–Kier alpha value is -3.01. The molecule has 7 nitrogen and oxygen atoms in total. The minimum absolute atomic E-state index is 0.0880. The van der Waals surface area contributed by atoms with Crippen LogP contribution < -0.4 is 20.7 Å². The van der Waals surface area contributed by atoms with Crippen molar-refractivity contribution in [2.45, 2.75) is 19.0 Å². The van der Waals surface area contributed by atoms with Crippen LogP contribution in [0, 0.1) is 5.92 Å². The Morgan fingerprint density at radius 2 is 1.84 bits per heavy atom. The first-order valence-electron chi connectivity index (χ1n) is 9.91. The summed E-state index contributed by atoms with van der Waals surface area (Å²) in [6, 6.07) is 7.82. The third-order valence-corrected chi connectivity index (χ3v) is 5.52. The van der Waals surface area contributed by atoms with Crippen LogP contribution in [-0.4, -0.2) is 44.0 Å². The number of benzene rings is 1. The van der Waals surface area contributed by atoms with Crippen molar-refractivity contribution in [1.82, 2.24) is 15.8 Å². The van der Waals surface area contributed by atoms with Crippen LogP contribution >= 0.6 is 11.6 Å². The summed E-state index contributed by atoms with van der Waals surface area (Å²) in [5.74, 6) is -0.853. The summed E-state index contributed by atoms with van der Waals surface area (Å²) in [6.45, 7) is 0.796. The molecule has 1 aliphatic rings. The van der Waals surface area contributed by atoms with Gasteiger partial charge in [0.1, 0.15) is 5.82 Å². The number of hydrazine groups is 1. The van der Waals surface area contributed by atoms with Gasteiger partial charge in [-0.1, -0.05) is 17.7 Å². The lowest BCUT2D eigenvalue weighted by Crippen LogP contribution is -2.47. The first-order valence-corrected chi connectivity index (χ1v) is 10.3. The fraction of sp³-hybridized carbons (Fsp3) is 0.381. The quantitative estimate of drug-likeness (QED) is 0.670. The monoisotopic (exact) mass is 469 g/mol. The highest BCUT2D eigenvalue weighted by atomic mass is 35.5. The molecule has 32 heavy (non-hydrogen) atoms. The number of halogens is 4. The van der Waals surface area contributed by atoms with Crippen LogP contribution in [0.5, 0.6) is 0 Å². The van der Waals surface area contributed by atoms with E-state index in [9.17, 15) is 22.8 Å². The first kappa shape index (κ1) is 23.6. The van der Waals surface area contributed by atoms with Gasteiger partial charge >= 0.3 is 6.18 Å². The van der Waals surface area contributed by atoms with E-state index < -0.39 is 17.6 Å². The molecule has 0 bridgehead atoms. The number of carbonyl (C=O) groups is 2. The molecule has 1 aromatic carbocycles. The second-order valence-corrected chi connectivity index (χ2v) is 8.08. The molecular formula is C21H23ClF3N5O2. The Morgan fingerprint density at radius 3 is 2.44 bits per heavy atom. The molecule has 11 heteroatoms. The number of carbonyl (C=O) groups excluding carboxylic acids is 2. The molecule has 1 fully saturated rings. The summed E-state index contributed by atoms with van der Waals surface area (Å²) in [4.78, 5) is 32.3. The van der Waals surface area contributed by atoms with E-state index in [0.717, 1.165) is 18.0 Å². The molecule has 1 saturated heterocycles. The van der Waals surface area contributed by atoms with Gasteiger partial charge in [-0.3, -0.25) is 20.4 Å². The molecule has 1 aliphatic heterocycles. The molecule has 0 aliphatic carbocycles. The van der Waals surface area contributed by atoms with Crippen LogP contribution in [0.15, 0.2) is 36.5 Å². The molecule has 2 N–H and O–H groups in total. The number of piperidine rings is 1. The normalized spacial score (nSPS) is 14.8. The molecule has 172 valence electrons. The topological polar surface area (TPSA) is 77.6 Å². The van der Waals surface area contributed by atoms with Gasteiger partial charge in [-0.15, -0.1) is 0 Å². The summed E-state index contributed by atoms with van der Waals surface area (Å²) >= 11 is 6.01. The summed E-state index contributed by atoms with van der Waals surface area (Å²) < 4.78 is 38.4. The van der Waals surface area contributed by atoms with Crippen LogP contribution in [0.1, 0.15) is 28.8 Å². The smallest absolute Gasteiger partial charge is 0.378 e. The maximum atomic E-state index is 12.8. The van der Waals surface area contributed by atoms with E-state index in [2.05, 4.69) is 15.8 Å². The molecule has 0 atom stereocenters. The fourth-order valence-corrected chi connectivity index (χ4v) is 3.68. The lowest BCUT2D eigenvalue weighted by atomic mass is 9.96. The minimum atomic E-state index is -4.52. The molecule has 2 aromatic rings. The number of hydrogen-bond acceptors (Lipinski definition) is 5. The molecule has 0 unspecified atom stereocenters. The summed E-state index contributed by atoms with van der Waals surface area (Å²) in [5.41, 5.74) is 5.23. The Balaban J connectivity index is 1.52. The van der Waals surface area contributed by atoms with Crippen LogP contribution in [0.25, 0.3) is 0 Å². The highest BCUT2D eigenvalue weighted by Gasteiger charge is 2.33. The van der Waals surface area contributed by atoms with Gasteiger partial charge in [0.25, 0.3) is 5.91 Å². The third kappa shape index (κ3) is 5.61. The predicted octanol–water partition coefficient (Wildman–Crippen LogP) is 3.50. The third-order valence-electron chi connectivity index (χ3n) is 5.24. The number of rotatable bonds is 4. The second-order valence-electron chi connectivity index (χ2n) is 7.68. The van der Waals surface area contributed by atoms with E-state index in [1.807, 2.05) is 25.1 Å². The summed E-state index contributed by atoms with van der Waals surface area (Å²) in [5, 5.41) is -0.0880. The van der Waals surface area contributed by atoms with E-state index in [1.165, 1.54) is 0 Å². The zero-order chi connectivity index (χ0) is 23.5. The average molecular weight is 470 g/mol. The van der Waals surface area contributed by atoms with E-state index in [1.54, 1.807) is 23.1 Å². The maximum Gasteiger partial charge on any atom is 0.417 e. The molecule has 2 amide bonds. The van der Waals surface area contributed by atoms with Gasteiger partial charge in [0.15, 0.2) is 0 Å². The van der Waals surface area contributed by atoms with Gasteiger partial charge in [0.05, 0.1) is 10.6 Å². The Labute approximate surface area is 188 Å². The number of hydrogen-bond donors (Lipinski definition) is 2. The number of pyridine rings is 1. The van der Waals surface area contributed by atoms with Crippen LogP contribution in [0.4, 0.5) is 24.7 Å². The fourth-order valence-electron chi connectivity index (χ4n) is 3.39. The van der Waals surface area contributed by atoms with Crippen molar-refractivity contribution in [3.05, 3.63) is 52.7 Å². The van der Waals surface area contributed by atoms with E-state index in [-0.39, 0.29) is 22.7 Å². The molecule has 3 rings (SSSR count). The largest absolute Gasteiger partial charge is 0.417 e. The van der Waals surface area contributed by atoms with Crippen molar-refractivity contribution >= 4 is 34.9 Å². The van der Waals surface area contributed by atoms with Crippen molar-refractivity contribution in [1.29, 1.82) is 0 Å². The van der Waals surface area contributed by atoms with E-state index in [4.69, 9.17) is 11.6 Å². The molecule has 2 heterocycles. The van der Waals surface area contributed by atoms with Gasteiger partial charge in [-0.05, 0) is 37.1 Å². The number of amides is 2. The molecule has 1 aromatic heterocycles. The molecule has 0 saturated carbocycles. The van der Waals surface area contributed by atoms with Gasteiger partial charge < -0.3 is 9.80 Å². The van der Waals surface area contributed by atoms with Crippen LogP contribution in [-0.2, 0) is 11.0 Å². The number of nitrogens with one attached hydrogen (secondary N) is 2. The molecule has 0 spiro atoms. The number of alkyl halides is 3. The van der Waals surface area contributed by atoms with E-state index in [0.29, 0.717) is 31.5 Å². The van der Waals surface area contributed by atoms with Gasteiger partial charge in [-0.25, -0.2) is 4.98 Å². The van der Waals surface area contributed by atoms with Gasteiger partial charge in [0, 0.05) is 50.6 Å². The van der Waals surface area contributed by atoms with Crippen molar-refractivity contribution in [3.63, 3.8) is 0 Å². The Morgan fingerprint density at radius 1 is 1.16 bits per heavy atom. The number of nitrogens with zero attached hydrogens (tertiary/aromatic N) is 3. The van der Waals surface area contributed by atoms with Crippen molar-refractivity contribution in [3.8, 4) is 0 Å². The molecule has 0 radical (unpaired) electrons. The second kappa shape index (κ2) is 9.64. The van der Waals surface area contributed by atoms with Crippen molar-refractivity contribution < 1.29 is 22.8 Å². The summed E-state index contributed by atoms with van der Waals surface area (Å²) in [6.07, 6.45) is -2.88. The average Bonchev–Trinajstić information content (AvgIpc) is 2.76. The zero-order valence-electron chi connectivity index (χ0n) is 17.5. The predicted molar refractivity (Wildman–Crippen MR) is 116 cm³/mol. The lowest BCUT2D eigenvalue weighted by Gasteiger charge is -2.32. The van der Waals surface area contributed by atoms with Crippen molar-refractivity contribution in [2.24, 2.45) is 5.92 Å².